The lowest BCUT2D eigenvalue weighted by Crippen LogP contribution is -2.31. The smallest absolute Gasteiger partial charge is 0.416 e. The zero-order valence-corrected chi connectivity index (χ0v) is 24.5. The van der Waals surface area contributed by atoms with Crippen molar-refractivity contribution < 1.29 is 27.5 Å². The Morgan fingerprint density at radius 1 is 1.09 bits per heavy atom. The van der Waals surface area contributed by atoms with Gasteiger partial charge in [0.2, 0.25) is 5.91 Å². The van der Waals surface area contributed by atoms with E-state index in [0.717, 1.165) is 23.3 Å². The number of halogens is 3. The van der Waals surface area contributed by atoms with Gasteiger partial charge in [-0.2, -0.15) is 18.2 Å². The Morgan fingerprint density at radius 2 is 1.84 bits per heavy atom. The molecule has 3 amide bonds. The molecular formula is C30H27F3N6O3S. The van der Waals surface area contributed by atoms with Crippen LogP contribution in [0.15, 0.2) is 72.0 Å². The third-order valence-electron chi connectivity index (χ3n) is 6.73. The first-order valence-electron chi connectivity index (χ1n) is 13.2. The van der Waals surface area contributed by atoms with Crippen molar-refractivity contribution >= 4 is 40.2 Å². The minimum atomic E-state index is -4.42. The number of amides is 3. The minimum Gasteiger partial charge on any atom is -0.497 e. The third-order valence-corrected chi connectivity index (χ3v) is 7.66. The lowest BCUT2D eigenvalue weighted by molar-refractivity contribution is -0.137. The number of carbonyl (C=O) groups excluding carboxylic acids is 2. The zero-order chi connectivity index (χ0) is 30.9. The molecule has 1 aromatic heterocycles. The zero-order valence-electron chi connectivity index (χ0n) is 23.6. The van der Waals surface area contributed by atoms with Gasteiger partial charge >= 0.3 is 12.2 Å². The van der Waals surface area contributed by atoms with E-state index in [1.807, 2.05) is 32.9 Å². The molecule has 5 rings (SSSR count). The highest BCUT2D eigenvalue weighted by atomic mass is 32.2. The Kier molecular flexibility index (Phi) is 8.27. The number of hydrogen-bond acceptors (Lipinski definition) is 6. The SMILES string of the molecule is COc1ccc(C(C)C)c(N2C(=O)CSC2=NC(=O)Nc2ccc(-c3ncn(-c4ccc(C(F)(F)F)cc4)n3)c(C)c2)c1. The first-order chi connectivity index (χ1) is 20.4. The van der Waals surface area contributed by atoms with Crippen LogP contribution >= 0.6 is 11.8 Å². The number of amidine groups is 1. The summed E-state index contributed by atoms with van der Waals surface area (Å²) in [5.74, 6) is 1.04. The van der Waals surface area contributed by atoms with Crippen LogP contribution in [0.5, 0.6) is 5.75 Å². The molecule has 0 unspecified atom stereocenters. The third kappa shape index (κ3) is 6.41. The number of benzene rings is 3. The van der Waals surface area contributed by atoms with Crippen molar-refractivity contribution in [2.75, 3.05) is 23.1 Å². The summed E-state index contributed by atoms with van der Waals surface area (Å²) in [5.41, 5.74) is 3.13. The number of aliphatic imine (C=N–C) groups is 1. The van der Waals surface area contributed by atoms with Crippen LogP contribution in [0.25, 0.3) is 17.1 Å². The maximum atomic E-state index is 12.9. The van der Waals surface area contributed by atoms with Crippen LogP contribution in [-0.4, -0.2) is 44.7 Å². The van der Waals surface area contributed by atoms with Crippen molar-refractivity contribution in [3.8, 4) is 22.8 Å². The van der Waals surface area contributed by atoms with Crippen LogP contribution in [-0.2, 0) is 11.0 Å². The minimum absolute atomic E-state index is 0.117. The van der Waals surface area contributed by atoms with Gasteiger partial charge in [-0.05, 0) is 72.5 Å². The highest BCUT2D eigenvalue weighted by Crippen LogP contribution is 2.36. The number of aryl methyl sites for hydroxylation is 1. The first kappa shape index (κ1) is 29.8. The summed E-state index contributed by atoms with van der Waals surface area (Å²) in [6.45, 7) is 5.85. The molecule has 222 valence electrons. The number of anilines is 2. The van der Waals surface area contributed by atoms with E-state index in [0.29, 0.717) is 34.2 Å². The summed E-state index contributed by atoms with van der Waals surface area (Å²) in [4.78, 5) is 35.7. The van der Waals surface area contributed by atoms with Crippen LogP contribution in [0.2, 0.25) is 0 Å². The topological polar surface area (TPSA) is 102 Å². The highest BCUT2D eigenvalue weighted by Gasteiger charge is 2.33. The normalized spacial score (nSPS) is 14.6. The number of aromatic nitrogens is 3. The Hall–Kier alpha value is -4.65. The molecular weight excluding hydrogens is 581 g/mol. The van der Waals surface area contributed by atoms with Crippen LogP contribution in [0.4, 0.5) is 29.3 Å². The van der Waals surface area contributed by atoms with Gasteiger partial charge in [0, 0.05) is 17.3 Å². The molecule has 43 heavy (non-hydrogen) atoms. The Balaban J connectivity index is 1.33. The average molecular weight is 609 g/mol. The molecule has 9 nitrogen and oxygen atoms in total. The predicted octanol–water partition coefficient (Wildman–Crippen LogP) is 7.06. The van der Waals surface area contributed by atoms with Gasteiger partial charge in [-0.15, -0.1) is 5.10 Å². The van der Waals surface area contributed by atoms with E-state index in [1.165, 1.54) is 39.8 Å². The number of ether oxygens (including phenoxy) is 1. The van der Waals surface area contributed by atoms with E-state index in [4.69, 9.17) is 4.74 Å². The van der Waals surface area contributed by atoms with E-state index in [-0.39, 0.29) is 22.7 Å². The molecule has 13 heteroatoms. The number of alkyl halides is 3. The van der Waals surface area contributed by atoms with Gasteiger partial charge in [0.15, 0.2) is 11.0 Å². The second-order valence-corrected chi connectivity index (χ2v) is 11.0. The molecule has 0 aliphatic carbocycles. The molecule has 1 aliphatic heterocycles. The monoisotopic (exact) mass is 608 g/mol. The summed E-state index contributed by atoms with van der Waals surface area (Å²) < 4.78 is 45.4. The Labute approximate surface area is 249 Å². The molecule has 1 aliphatic rings. The van der Waals surface area contributed by atoms with Crippen LogP contribution in [0.1, 0.15) is 36.5 Å². The number of nitrogens with zero attached hydrogens (tertiary/aromatic N) is 5. The molecule has 0 radical (unpaired) electrons. The maximum absolute atomic E-state index is 12.9. The van der Waals surface area contributed by atoms with Crippen molar-refractivity contribution in [2.24, 2.45) is 4.99 Å². The van der Waals surface area contributed by atoms with E-state index < -0.39 is 17.8 Å². The molecule has 4 aromatic rings. The number of thioether (sulfide) groups is 1. The standard InChI is InChI=1S/C30H27F3N6O3S/c1-17(2)23-12-10-22(42-4)14-25(23)39-26(40)15-43-29(39)36-28(41)35-20-7-11-24(18(3)13-20)27-34-16-38(37-27)21-8-5-19(6-9-21)30(31,32)33/h5-14,16-17H,15H2,1-4H3,(H,35,41). The molecule has 0 saturated carbocycles. The molecule has 1 N–H and O–H groups in total. The Bertz CT molecular complexity index is 1720. The molecule has 0 atom stereocenters. The van der Waals surface area contributed by atoms with E-state index in [2.05, 4.69) is 20.4 Å². The van der Waals surface area contributed by atoms with Crippen molar-refractivity contribution in [3.63, 3.8) is 0 Å². The van der Waals surface area contributed by atoms with E-state index in [9.17, 15) is 22.8 Å². The van der Waals surface area contributed by atoms with Gasteiger partial charge in [0.25, 0.3) is 0 Å². The number of carbonyl (C=O) groups is 2. The quantitative estimate of drug-likeness (QED) is 0.252. The lowest BCUT2D eigenvalue weighted by atomic mass is 10.00. The Morgan fingerprint density at radius 3 is 2.49 bits per heavy atom. The summed E-state index contributed by atoms with van der Waals surface area (Å²) in [5, 5.41) is 7.42. The number of methoxy groups -OCH3 is 1. The van der Waals surface area contributed by atoms with Crippen LogP contribution in [0, 0.1) is 6.92 Å². The fourth-order valence-corrected chi connectivity index (χ4v) is 5.42. The van der Waals surface area contributed by atoms with Gasteiger partial charge < -0.3 is 10.1 Å². The molecule has 0 bridgehead atoms. The van der Waals surface area contributed by atoms with Gasteiger partial charge in [0.05, 0.1) is 29.8 Å². The van der Waals surface area contributed by atoms with Crippen molar-refractivity contribution in [3.05, 3.63) is 83.7 Å². The van der Waals surface area contributed by atoms with Crippen LogP contribution in [0.3, 0.4) is 0 Å². The molecule has 1 saturated heterocycles. The summed E-state index contributed by atoms with van der Waals surface area (Å²) >= 11 is 1.18. The second kappa shape index (κ2) is 11.9. The lowest BCUT2D eigenvalue weighted by Gasteiger charge is -2.22. The van der Waals surface area contributed by atoms with E-state index in [1.54, 1.807) is 31.4 Å². The van der Waals surface area contributed by atoms with Crippen molar-refractivity contribution in [1.82, 2.24) is 14.8 Å². The van der Waals surface area contributed by atoms with Crippen molar-refractivity contribution in [2.45, 2.75) is 32.9 Å². The van der Waals surface area contributed by atoms with Gasteiger partial charge in [0.1, 0.15) is 12.1 Å². The molecule has 1 fully saturated rings. The average Bonchev–Trinajstić information content (AvgIpc) is 3.59. The number of urea groups is 1. The number of nitrogens with one attached hydrogen (secondary N) is 1. The van der Waals surface area contributed by atoms with Crippen LogP contribution < -0.4 is 15.0 Å². The predicted molar refractivity (Wildman–Crippen MR) is 160 cm³/mol. The van der Waals surface area contributed by atoms with Gasteiger partial charge in [-0.25, -0.2) is 14.5 Å². The maximum Gasteiger partial charge on any atom is 0.416 e. The fraction of sp³-hybridized carbons (Fsp3) is 0.233. The van der Waals surface area contributed by atoms with Gasteiger partial charge in [-0.1, -0.05) is 31.7 Å². The number of rotatable bonds is 6. The second-order valence-electron chi connectivity index (χ2n) is 10.0. The molecule has 2 heterocycles. The highest BCUT2D eigenvalue weighted by molar-refractivity contribution is 8.15. The van der Waals surface area contributed by atoms with Crippen molar-refractivity contribution in [1.29, 1.82) is 0 Å². The first-order valence-corrected chi connectivity index (χ1v) is 14.2. The van der Waals surface area contributed by atoms with Gasteiger partial charge in [-0.3, -0.25) is 9.69 Å². The summed E-state index contributed by atoms with van der Waals surface area (Å²) in [7, 11) is 1.55. The number of hydrogen-bond donors (Lipinski definition) is 1. The molecule has 3 aromatic carbocycles. The fourth-order valence-electron chi connectivity index (χ4n) is 4.56. The summed E-state index contributed by atoms with van der Waals surface area (Å²) in [6, 6.07) is 14.6. The largest absolute Gasteiger partial charge is 0.497 e. The molecule has 0 spiro atoms. The van der Waals surface area contributed by atoms with E-state index >= 15 is 0 Å². The summed E-state index contributed by atoms with van der Waals surface area (Å²) in [6.07, 6.45) is -3.01.